The number of hydrogen-bond donors (Lipinski definition) is 2. The van der Waals surface area contributed by atoms with Crippen LogP contribution in [-0.2, 0) is 4.79 Å². The lowest BCUT2D eigenvalue weighted by Gasteiger charge is -2.23. The summed E-state index contributed by atoms with van der Waals surface area (Å²) in [7, 11) is 0. The van der Waals surface area contributed by atoms with Crippen molar-refractivity contribution in [3.63, 3.8) is 0 Å². The van der Waals surface area contributed by atoms with Crippen LogP contribution >= 0.6 is 0 Å². The van der Waals surface area contributed by atoms with Gasteiger partial charge in [-0.1, -0.05) is 20.8 Å². The van der Waals surface area contributed by atoms with Crippen LogP contribution in [0.25, 0.3) is 0 Å². The summed E-state index contributed by atoms with van der Waals surface area (Å²) in [5.74, 6) is 0.156. The van der Waals surface area contributed by atoms with Gasteiger partial charge in [0.05, 0.1) is 6.04 Å². The number of carbonyl (C=O) groups excluding carboxylic acids is 1. The molecule has 1 unspecified atom stereocenters. The molecule has 0 bridgehead atoms. The highest BCUT2D eigenvalue weighted by Crippen LogP contribution is 2.17. The summed E-state index contributed by atoms with van der Waals surface area (Å²) in [6.45, 7) is 13.1. The first-order valence-electron chi connectivity index (χ1n) is 6.09. The van der Waals surface area contributed by atoms with E-state index in [9.17, 15) is 4.79 Å². The monoisotopic (exact) mass is 228 g/mol. The highest BCUT2D eigenvalue weighted by atomic mass is 16.1. The Kier molecular flexibility index (Phi) is 5.63. The fraction of sp³-hybridized carbons (Fsp3) is 0.923. The first-order valence-corrected chi connectivity index (χ1v) is 6.09. The molecule has 3 N–H and O–H groups in total. The number of Topliss-reactive ketones (excluding diaryl/α,β-unsaturated/α-hetero) is 1. The van der Waals surface area contributed by atoms with Gasteiger partial charge in [-0.05, 0) is 40.2 Å². The maximum atomic E-state index is 11.8. The van der Waals surface area contributed by atoms with Gasteiger partial charge in [-0.3, -0.25) is 4.79 Å². The van der Waals surface area contributed by atoms with E-state index >= 15 is 0 Å². The molecule has 0 fully saturated rings. The maximum absolute atomic E-state index is 11.8. The van der Waals surface area contributed by atoms with Crippen LogP contribution in [0.5, 0.6) is 0 Å². The van der Waals surface area contributed by atoms with Crippen molar-refractivity contribution in [1.29, 1.82) is 0 Å². The van der Waals surface area contributed by atoms with Crippen molar-refractivity contribution in [2.24, 2.45) is 11.1 Å². The van der Waals surface area contributed by atoms with E-state index in [0.29, 0.717) is 0 Å². The van der Waals surface area contributed by atoms with E-state index in [2.05, 4.69) is 26.1 Å². The maximum Gasteiger partial charge on any atom is 0.154 e. The van der Waals surface area contributed by atoms with Crippen molar-refractivity contribution in [3.8, 4) is 0 Å². The van der Waals surface area contributed by atoms with Gasteiger partial charge in [0.1, 0.15) is 0 Å². The number of hydrogen-bond acceptors (Lipinski definition) is 3. The zero-order valence-electron chi connectivity index (χ0n) is 11.7. The minimum atomic E-state index is -0.323. The van der Waals surface area contributed by atoms with Gasteiger partial charge in [-0.25, -0.2) is 0 Å². The molecule has 16 heavy (non-hydrogen) atoms. The smallest absolute Gasteiger partial charge is 0.154 e. The Morgan fingerprint density at radius 3 is 2.06 bits per heavy atom. The van der Waals surface area contributed by atoms with Gasteiger partial charge in [-0.2, -0.15) is 0 Å². The molecule has 0 rings (SSSR count). The van der Waals surface area contributed by atoms with Gasteiger partial charge >= 0.3 is 0 Å². The minimum absolute atomic E-state index is 0.137. The van der Waals surface area contributed by atoms with Crippen molar-refractivity contribution < 1.29 is 4.79 Å². The second-order valence-corrected chi connectivity index (χ2v) is 6.54. The molecule has 0 amide bonds. The summed E-state index contributed by atoms with van der Waals surface area (Å²) >= 11 is 0. The summed E-state index contributed by atoms with van der Waals surface area (Å²) in [4.78, 5) is 11.8. The summed E-state index contributed by atoms with van der Waals surface area (Å²) in [5.41, 5.74) is 5.69. The Morgan fingerprint density at radius 1 is 1.19 bits per heavy atom. The molecule has 3 heteroatoms. The molecule has 0 spiro atoms. The quantitative estimate of drug-likeness (QED) is 0.709. The van der Waals surface area contributed by atoms with Crippen LogP contribution in [0.1, 0.15) is 54.4 Å². The lowest BCUT2D eigenvalue weighted by atomic mass is 9.85. The van der Waals surface area contributed by atoms with Crippen LogP contribution in [0.3, 0.4) is 0 Å². The van der Waals surface area contributed by atoms with Crippen molar-refractivity contribution >= 4 is 5.78 Å². The second kappa shape index (κ2) is 5.78. The molecule has 0 aromatic heterocycles. The Bertz CT molecular complexity index is 223. The van der Waals surface area contributed by atoms with Gasteiger partial charge < -0.3 is 11.1 Å². The van der Waals surface area contributed by atoms with Crippen molar-refractivity contribution in [3.05, 3.63) is 0 Å². The standard InChI is InChI=1S/C13H28N2O/c1-12(2,3)11(16)10(14)8-7-9-15-13(4,5)6/h10,15H,7-9,14H2,1-6H3. The van der Waals surface area contributed by atoms with E-state index in [0.717, 1.165) is 19.4 Å². The van der Waals surface area contributed by atoms with Crippen molar-refractivity contribution in [2.75, 3.05) is 6.54 Å². The van der Waals surface area contributed by atoms with Crippen LogP contribution in [-0.4, -0.2) is 23.9 Å². The predicted octanol–water partition coefficient (Wildman–Crippen LogP) is 2.10. The average Bonchev–Trinajstić information content (AvgIpc) is 2.07. The Labute approximate surface area is 100 Å². The summed E-state index contributed by atoms with van der Waals surface area (Å²) in [5, 5.41) is 3.39. The normalized spacial score (nSPS) is 14.9. The average molecular weight is 228 g/mol. The second-order valence-electron chi connectivity index (χ2n) is 6.54. The Hall–Kier alpha value is -0.410. The molecule has 0 aliphatic heterocycles. The van der Waals surface area contributed by atoms with Crippen molar-refractivity contribution in [2.45, 2.75) is 66.0 Å². The van der Waals surface area contributed by atoms with E-state index in [1.165, 1.54) is 0 Å². The molecule has 0 aliphatic carbocycles. The summed E-state index contributed by atoms with van der Waals surface area (Å²) in [6, 6.07) is -0.318. The lowest BCUT2D eigenvalue weighted by Crippen LogP contribution is -2.40. The van der Waals surface area contributed by atoms with Crippen LogP contribution in [0.15, 0.2) is 0 Å². The third-order valence-electron chi connectivity index (χ3n) is 2.42. The summed E-state index contributed by atoms with van der Waals surface area (Å²) < 4.78 is 0. The minimum Gasteiger partial charge on any atom is -0.321 e. The largest absolute Gasteiger partial charge is 0.321 e. The molecule has 96 valence electrons. The zero-order chi connectivity index (χ0) is 13.0. The molecule has 0 aromatic carbocycles. The van der Waals surface area contributed by atoms with Crippen molar-refractivity contribution in [1.82, 2.24) is 5.32 Å². The lowest BCUT2D eigenvalue weighted by molar-refractivity contribution is -0.127. The van der Waals surface area contributed by atoms with E-state index in [4.69, 9.17) is 5.73 Å². The van der Waals surface area contributed by atoms with Gasteiger partial charge in [0.25, 0.3) is 0 Å². The van der Waals surface area contributed by atoms with E-state index in [-0.39, 0.29) is 22.8 Å². The Balaban J connectivity index is 3.83. The SMILES string of the molecule is CC(C)(C)NCCCC(N)C(=O)C(C)(C)C. The zero-order valence-corrected chi connectivity index (χ0v) is 11.7. The van der Waals surface area contributed by atoms with Gasteiger partial charge in [0.15, 0.2) is 5.78 Å². The first kappa shape index (κ1) is 15.6. The molecule has 1 atom stereocenters. The highest BCUT2D eigenvalue weighted by molar-refractivity contribution is 5.88. The van der Waals surface area contributed by atoms with Gasteiger partial charge in [0, 0.05) is 11.0 Å². The third-order valence-corrected chi connectivity index (χ3v) is 2.42. The van der Waals surface area contributed by atoms with E-state index in [1.54, 1.807) is 0 Å². The molecule has 0 saturated heterocycles. The third kappa shape index (κ3) is 6.96. The number of nitrogens with two attached hydrogens (primary N) is 1. The number of carbonyl (C=O) groups is 1. The fourth-order valence-electron chi connectivity index (χ4n) is 1.47. The van der Waals surface area contributed by atoms with E-state index < -0.39 is 0 Å². The molecular formula is C13H28N2O. The van der Waals surface area contributed by atoms with E-state index in [1.807, 2.05) is 20.8 Å². The van der Waals surface area contributed by atoms with Gasteiger partial charge in [0.2, 0.25) is 0 Å². The van der Waals surface area contributed by atoms with Crippen LogP contribution in [0, 0.1) is 5.41 Å². The predicted molar refractivity (Wildman–Crippen MR) is 69.4 cm³/mol. The first-order chi connectivity index (χ1) is 7.04. The molecular weight excluding hydrogens is 200 g/mol. The molecule has 0 radical (unpaired) electrons. The van der Waals surface area contributed by atoms with Crippen LogP contribution in [0.2, 0.25) is 0 Å². The number of rotatable bonds is 5. The number of nitrogens with one attached hydrogen (secondary N) is 1. The highest BCUT2D eigenvalue weighted by Gasteiger charge is 2.26. The molecule has 0 aromatic rings. The van der Waals surface area contributed by atoms with Gasteiger partial charge in [-0.15, -0.1) is 0 Å². The fourth-order valence-corrected chi connectivity index (χ4v) is 1.47. The molecule has 0 heterocycles. The summed E-state index contributed by atoms with van der Waals surface area (Å²) in [6.07, 6.45) is 1.71. The molecule has 0 saturated carbocycles. The molecule has 3 nitrogen and oxygen atoms in total. The Morgan fingerprint density at radius 2 is 1.69 bits per heavy atom. The number of ketones is 1. The molecule has 0 aliphatic rings. The van der Waals surface area contributed by atoms with Crippen LogP contribution < -0.4 is 11.1 Å². The van der Waals surface area contributed by atoms with Crippen LogP contribution in [0.4, 0.5) is 0 Å². The topological polar surface area (TPSA) is 55.1 Å².